The molecule has 1 heterocycles. The number of nitrogen functional groups attached to an aromatic ring is 1. The summed E-state index contributed by atoms with van der Waals surface area (Å²) in [6.45, 7) is 1.81. The number of aliphatic hydroxyl groups is 1. The molecule has 0 radical (unpaired) electrons. The van der Waals surface area contributed by atoms with Crippen LogP contribution in [0.4, 0.5) is 5.69 Å². The first-order chi connectivity index (χ1) is 10.2. The Morgan fingerprint density at radius 1 is 1.33 bits per heavy atom. The minimum Gasteiger partial charge on any atom is -0.399 e. The first-order valence-corrected chi connectivity index (χ1v) is 7.24. The number of hydrogen-bond acceptors (Lipinski definition) is 4. The topological polar surface area (TPSA) is 75.8 Å². The lowest BCUT2D eigenvalue weighted by Gasteiger charge is -2.31. The Balaban J connectivity index is 1.80. The van der Waals surface area contributed by atoms with Gasteiger partial charge in [0.15, 0.2) is 0 Å². The van der Waals surface area contributed by atoms with Crippen LogP contribution in [0.2, 0.25) is 0 Å². The normalized spacial score (nSPS) is 16.5. The smallest absolute Gasteiger partial charge is 0.246 e. The molecule has 1 aromatic carbocycles. The fourth-order valence-electron chi connectivity index (χ4n) is 2.34. The highest BCUT2D eigenvalue weighted by atomic mass is 16.5. The van der Waals surface area contributed by atoms with Crippen molar-refractivity contribution in [3.05, 3.63) is 35.9 Å². The molecule has 5 nitrogen and oxygen atoms in total. The van der Waals surface area contributed by atoms with Gasteiger partial charge in [0.2, 0.25) is 5.91 Å². The molecule has 21 heavy (non-hydrogen) atoms. The van der Waals surface area contributed by atoms with E-state index in [0.717, 1.165) is 18.4 Å². The molecule has 2 rings (SSSR count). The molecule has 0 aromatic heterocycles. The molecule has 1 aromatic rings. The van der Waals surface area contributed by atoms with Gasteiger partial charge in [-0.2, -0.15) is 0 Å². The number of amides is 1. The molecule has 1 amide bonds. The van der Waals surface area contributed by atoms with Gasteiger partial charge >= 0.3 is 0 Å². The summed E-state index contributed by atoms with van der Waals surface area (Å²) in [6, 6.07) is 7.39. The number of nitrogens with two attached hydrogens (primary N) is 1. The van der Waals surface area contributed by atoms with Crippen molar-refractivity contribution in [3.8, 4) is 0 Å². The quantitative estimate of drug-likeness (QED) is 0.633. The Hall–Kier alpha value is -1.85. The lowest BCUT2D eigenvalue weighted by atomic mass is 10.1. The predicted molar refractivity (Wildman–Crippen MR) is 82.5 cm³/mol. The number of ether oxygens (including phenoxy) is 1. The fraction of sp³-hybridized carbons (Fsp3) is 0.438. The van der Waals surface area contributed by atoms with Gasteiger partial charge in [0, 0.05) is 24.9 Å². The molecule has 0 atom stereocenters. The van der Waals surface area contributed by atoms with Gasteiger partial charge in [0.25, 0.3) is 0 Å². The van der Waals surface area contributed by atoms with Gasteiger partial charge in [-0.05, 0) is 36.6 Å². The van der Waals surface area contributed by atoms with Crippen molar-refractivity contribution in [2.75, 3.05) is 32.0 Å². The zero-order valence-corrected chi connectivity index (χ0v) is 12.1. The molecule has 1 saturated heterocycles. The van der Waals surface area contributed by atoms with Crippen LogP contribution in [-0.2, 0) is 9.53 Å². The van der Waals surface area contributed by atoms with Gasteiger partial charge < -0.3 is 20.5 Å². The van der Waals surface area contributed by atoms with Crippen molar-refractivity contribution in [1.29, 1.82) is 0 Å². The second kappa shape index (κ2) is 7.81. The fourth-order valence-corrected chi connectivity index (χ4v) is 2.34. The average molecular weight is 290 g/mol. The van der Waals surface area contributed by atoms with Crippen molar-refractivity contribution < 1.29 is 14.6 Å². The second-order valence-corrected chi connectivity index (χ2v) is 5.12. The molecule has 1 aliphatic heterocycles. The number of carbonyl (C=O) groups excluding carboxylic acids is 1. The van der Waals surface area contributed by atoms with E-state index < -0.39 is 0 Å². The van der Waals surface area contributed by atoms with Crippen LogP contribution >= 0.6 is 0 Å². The van der Waals surface area contributed by atoms with E-state index in [9.17, 15) is 4.79 Å². The highest BCUT2D eigenvalue weighted by molar-refractivity contribution is 5.91. The van der Waals surface area contributed by atoms with Crippen LogP contribution in [0, 0.1) is 0 Å². The Kier molecular flexibility index (Phi) is 5.78. The predicted octanol–water partition coefficient (Wildman–Crippen LogP) is 1.28. The molecule has 0 saturated carbocycles. The maximum absolute atomic E-state index is 12.1. The number of benzene rings is 1. The van der Waals surface area contributed by atoms with E-state index in [1.54, 1.807) is 12.2 Å². The van der Waals surface area contributed by atoms with Crippen LogP contribution < -0.4 is 5.73 Å². The highest BCUT2D eigenvalue weighted by Gasteiger charge is 2.21. The van der Waals surface area contributed by atoms with E-state index in [2.05, 4.69) is 0 Å². The molecular formula is C16H22N2O3. The Labute approximate surface area is 125 Å². The van der Waals surface area contributed by atoms with Gasteiger partial charge in [0.05, 0.1) is 19.3 Å². The molecule has 0 unspecified atom stereocenters. The number of likely N-dealkylation sites (tertiary alicyclic amines) is 1. The Bertz CT molecular complexity index is 477. The summed E-state index contributed by atoms with van der Waals surface area (Å²) < 4.78 is 5.48. The number of hydrogen-bond donors (Lipinski definition) is 2. The Morgan fingerprint density at radius 2 is 2.00 bits per heavy atom. The number of nitrogens with zero attached hydrogens (tertiary/aromatic N) is 1. The number of rotatable bonds is 5. The lowest BCUT2D eigenvalue weighted by molar-refractivity contribution is -0.128. The molecule has 0 bridgehead atoms. The third-order valence-corrected chi connectivity index (χ3v) is 3.55. The van der Waals surface area contributed by atoms with E-state index in [0.29, 0.717) is 25.4 Å². The summed E-state index contributed by atoms with van der Waals surface area (Å²) in [5.41, 5.74) is 7.29. The molecule has 3 N–H and O–H groups in total. The average Bonchev–Trinajstić information content (AvgIpc) is 2.52. The zero-order valence-electron chi connectivity index (χ0n) is 12.1. The molecule has 114 valence electrons. The van der Waals surface area contributed by atoms with Crippen LogP contribution in [0.3, 0.4) is 0 Å². The largest absolute Gasteiger partial charge is 0.399 e. The number of anilines is 1. The van der Waals surface area contributed by atoms with E-state index >= 15 is 0 Å². The molecule has 0 aliphatic carbocycles. The van der Waals surface area contributed by atoms with Crippen LogP contribution in [0.25, 0.3) is 6.08 Å². The first kappa shape index (κ1) is 15.5. The summed E-state index contributed by atoms with van der Waals surface area (Å²) in [4.78, 5) is 13.9. The first-order valence-electron chi connectivity index (χ1n) is 7.24. The number of piperidine rings is 1. The molecule has 5 heteroatoms. The molecular weight excluding hydrogens is 268 g/mol. The number of aliphatic hydroxyl groups excluding tert-OH is 1. The van der Waals surface area contributed by atoms with Crippen molar-refractivity contribution in [2.24, 2.45) is 0 Å². The van der Waals surface area contributed by atoms with Crippen molar-refractivity contribution in [2.45, 2.75) is 18.9 Å². The van der Waals surface area contributed by atoms with E-state index in [1.807, 2.05) is 29.2 Å². The zero-order chi connectivity index (χ0) is 15.1. The highest BCUT2D eigenvalue weighted by Crippen LogP contribution is 2.14. The molecule has 0 spiro atoms. The standard InChI is InChI=1S/C16H22N2O3/c17-14-4-1-13(2-5-14)3-6-16(20)18-9-7-15(8-10-18)21-12-11-19/h1-6,15,19H,7-12,17H2/b6-3+. The third-order valence-electron chi connectivity index (χ3n) is 3.55. The Morgan fingerprint density at radius 3 is 2.62 bits per heavy atom. The van der Waals surface area contributed by atoms with Crippen molar-refractivity contribution in [1.82, 2.24) is 4.90 Å². The molecule has 1 aliphatic rings. The summed E-state index contributed by atoms with van der Waals surface area (Å²) in [7, 11) is 0. The number of carbonyl (C=O) groups is 1. The third kappa shape index (κ3) is 4.88. The van der Waals surface area contributed by atoms with Gasteiger partial charge in [0.1, 0.15) is 0 Å². The maximum Gasteiger partial charge on any atom is 0.246 e. The second-order valence-electron chi connectivity index (χ2n) is 5.12. The summed E-state index contributed by atoms with van der Waals surface area (Å²) in [5.74, 6) is 0.0208. The van der Waals surface area contributed by atoms with E-state index in [-0.39, 0.29) is 18.6 Å². The van der Waals surface area contributed by atoms with Gasteiger partial charge in [-0.1, -0.05) is 12.1 Å². The SMILES string of the molecule is Nc1ccc(/C=C/C(=O)N2CCC(OCCO)CC2)cc1. The minimum atomic E-state index is 0.0208. The van der Waals surface area contributed by atoms with Gasteiger partial charge in [-0.3, -0.25) is 4.79 Å². The van der Waals surface area contributed by atoms with Crippen molar-refractivity contribution >= 4 is 17.7 Å². The van der Waals surface area contributed by atoms with Crippen LogP contribution in [0.1, 0.15) is 18.4 Å². The van der Waals surface area contributed by atoms with Crippen molar-refractivity contribution in [3.63, 3.8) is 0 Å². The summed E-state index contributed by atoms with van der Waals surface area (Å²) in [5, 5.41) is 8.73. The molecule has 1 fully saturated rings. The van der Waals surface area contributed by atoms with Crippen LogP contribution in [-0.4, -0.2) is 48.3 Å². The minimum absolute atomic E-state index is 0.0208. The lowest BCUT2D eigenvalue weighted by Crippen LogP contribution is -2.40. The monoisotopic (exact) mass is 290 g/mol. The van der Waals surface area contributed by atoms with E-state index in [4.69, 9.17) is 15.6 Å². The van der Waals surface area contributed by atoms with Gasteiger partial charge in [-0.15, -0.1) is 0 Å². The maximum atomic E-state index is 12.1. The van der Waals surface area contributed by atoms with Gasteiger partial charge in [-0.25, -0.2) is 0 Å². The summed E-state index contributed by atoms with van der Waals surface area (Å²) in [6.07, 6.45) is 5.20. The summed E-state index contributed by atoms with van der Waals surface area (Å²) >= 11 is 0. The van der Waals surface area contributed by atoms with Crippen LogP contribution in [0.5, 0.6) is 0 Å². The van der Waals surface area contributed by atoms with E-state index in [1.165, 1.54) is 0 Å². The van der Waals surface area contributed by atoms with Crippen LogP contribution in [0.15, 0.2) is 30.3 Å².